The Bertz CT molecular complexity index is 965. The number of hydrogen-bond donors (Lipinski definition) is 1. The van der Waals surface area contributed by atoms with Gasteiger partial charge in [0.05, 0.1) is 37.5 Å². The highest BCUT2D eigenvalue weighted by molar-refractivity contribution is 5.96. The first kappa shape index (κ1) is 20.1. The van der Waals surface area contributed by atoms with Crippen molar-refractivity contribution in [3.63, 3.8) is 0 Å². The quantitative estimate of drug-likeness (QED) is 0.733. The van der Waals surface area contributed by atoms with Gasteiger partial charge in [0.2, 0.25) is 5.91 Å². The number of nitriles is 1. The number of hydrogen-bond acceptors (Lipinski definition) is 5. The van der Waals surface area contributed by atoms with Gasteiger partial charge in [0.15, 0.2) is 0 Å². The number of nitrogens with zero attached hydrogens (tertiary/aromatic N) is 4. The summed E-state index contributed by atoms with van der Waals surface area (Å²) in [4.78, 5) is 35.8. The van der Waals surface area contributed by atoms with E-state index in [1.165, 1.54) is 17.1 Å². The Morgan fingerprint density at radius 2 is 2.07 bits per heavy atom. The van der Waals surface area contributed by atoms with Crippen molar-refractivity contribution in [2.24, 2.45) is 0 Å². The minimum Gasteiger partial charge on any atom is -0.343 e. The van der Waals surface area contributed by atoms with Crippen LogP contribution in [0.4, 0.5) is 8.78 Å². The molecule has 3 rings (SSSR count). The first-order chi connectivity index (χ1) is 13.8. The second-order valence-corrected chi connectivity index (χ2v) is 6.70. The van der Waals surface area contributed by atoms with Crippen molar-refractivity contribution < 1.29 is 23.2 Å². The molecule has 2 heterocycles. The first-order valence-electron chi connectivity index (χ1n) is 8.73. The fourth-order valence-corrected chi connectivity index (χ4v) is 3.01. The molecule has 8 nitrogen and oxygen atoms in total. The molecule has 0 unspecified atom stereocenters. The third-order valence-electron chi connectivity index (χ3n) is 4.50. The number of aromatic nitrogens is 2. The summed E-state index contributed by atoms with van der Waals surface area (Å²) < 4.78 is 28.4. The van der Waals surface area contributed by atoms with Gasteiger partial charge in [-0.05, 0) is 5.56 Å². The van der Waals surface area contributed by atoms with E-state index in [0.29, 0.717) is 12.1 Å². The van der Waals surface area contributed by atoms with Gasteiger partial charge in [-0.25, -0.2) is 8.78 Å². The van der Waals surface area contributed by atoms with Crippen LogP contribution in [0.15, 0.2) is 36.7 Å². The molecule has 0 aliphatic carbocycles. The number of benzene rings is 1. The molecule has 1 saturated heterocycles. The smallest absolute Gasteiger partial charge is 0.268 e. The molecule has 1 atom stereocenters. The van der Waals surface area contributed by atoms with E-state index in [1.807, 2.05) is 0 Å². The lowest BCUT2D eigenvalue weighted by Gasteiger charge is -2.19. The topological polar surface area (TPSA) is 108 Å². The Labute approximate surface area is 164 Å². The number of aldehydes is 1. The molecule has 150 valence electrons. The largest absolute Gasteiger partial charge is 0.343 e. The van der Waals surface area contributed by atoms with Crippen molar-refractivity contribution in [1.29, 1.82) is 5.26 Å². The lowest BCUT2D eigenvalue weighted by Crippen LogP contribution is -2.42. The van der Waals surface area contributed by atoms with Crippen LogP contribution in [0.3, 0.4) is 0 Å². The highest BCUT2D eigenvalue weighted by Crippen LogP contribution is 2.31. The zero-order valence-electron chi connectivity index (χ0n) is 15.2. The van der Waals surface area contributed by atoms with Crippen molar-refractivity contribution in [1.82, 2.24) is 20.0 Å². The summed E-state index contributed by atoms with van der Waals surface area (Å²) in [5.74, 6) is -4.43. The fraction of sp³-hybridized carbons (Fsp3) is 0.316. The third kappa shape index (κ3) is 4.82. The molecule has 0 bridgehead atoms. The lowest BCUT2D eigenvalue weighted by molar-refractivity contribution is -0.131. The number of carbonyl (C=O) groups excluding carboxylic acids is 3. The Morgan fingerprint density at radius 1 is 1.34 bits per heavy atom. The maximum absolute atomic E-state index is 13.4. The van der Waals surface area contributed by atoms with E-state index in [1.54, 1.807) is 30.3 Å². The van der Waals surface area contributed by atoms with Crippen molar-refractivity contribution in [2.45, 2.75) is 24.9 Å². The maximum Gasteiger partial charge on any atom is 0.268 e. The van der Waals surface area contributed by atoms with Crippen LogP contribution in [0.5, 0.6) is 0 Å². The second-order valence-electron chi connectivity index (χ2n) is 6.70. The molecule has 10 heteroatoms. The van der Waals surface area contributed by atoms with Crippen LogP contribution >= 0.6 is 0 Å². The molecule has 1 N–H and O–H groups in total. The van der Waals surface area contributed by atoms with E-state index in [0.717, 1.165) is 16.7 Å². The molecule has 0 radical (unpaired) electrons. The molecular weight excluding hydrogens is 384 g/mol. The van der Waals surface area contributed by atoms with E-state index >= 15 is 0 Å². The summed E-state index contributed by atoms with van der Waals surface area (Å²) in [6, 6.07) is 7.34. The van der Waals surface area contributed by atoms with Crippen LogP contribution in [0.2, 0.25) is 0 Å². The number of nitrogens with one attached hydrogen (secondary N) is 1. The van der Waals surface area contributed by atoms with Crippen LogP contribution in [0, 0.1) is 11.3 Å². The van der Waals surface area contributed by atoms with E-state index in [-0.39, 0.29) is 5.56 Å². The highest BCUT2D eigenvalue weighted by Gasteiger charge is 2.47. The van der Waals surface area contributed by atoms with E-state index < -0.39 is 43.3 Å². The van der Waals surface area contributed by atoms with Crippen molar-refractivity contribution in [2.75, 3.05) is 13.1 Å². The SMILES string of the molecule is N#C[C@@H]1CC(F)(F)CN1C(=O)CNC(=O)c1cnn(Cc2ccc(C=O)cc2)c1. The molecular formula is C19H17F2N5O3. The van der Waals surface area contributed by atoms with Gasteiger partial charge in [-0.2, -0.15) is 10.4 Å². The van der Waals surface area contributed by atoms with Crippen molar-refractivity contribution in [3.05, 3.63) is 53.3 Å². The normalized spacial score (nSPS) is 17.6. The van der Waals surface area contributed by atoms with E-state index in [2.05, 4.69) is 10.4 Å². The minimum atomic E-state index is -3.11. The first-order valence-corrected chi connectivity index (χ1v) is 8.73. The van der Waals surface area contributed by atoms with Gasteiger partial charge in [0.1, 0.15) is 12.3 Å². The van der Waals surface area contributed by atoms with Crippen LogP contribution in [0.25, 0.3) is 0 Å². The molecule has 0 spiro atoms. The molecule has 1 aliphatic rings. The van der Waals surface area contributed by atoms with Gasteiger partial charge < -0.3 is 10.2 Å². The van der Waals surface area contributed by atoms with Crippen LogP contribution in [0.1, 0.15) is 32.7 Å². The number of carbonyl (C=O) groups is 3. The average molecular weight is 401 g/mol. The Morgan fingerprint density at radius 3 is 2.72 bits per heavy atom. The second kappa shape index (κ2) is 8.18. The molecule has 1 aromatic carbocycles. The standard InChI is InChI=1S/C19H17F2N5O3/c20-19(21)5-16(6-22)26(12-19)17(28)8-23-18(29)15-7-24-25(10-15)9-13-1-3-14(11-27)4-2-13/h1-4,7,10-11,16H,5,8-9,12H2,(H,23,29)/t16-/m0/s1. The third-order valence-corrected chi connectivity index (χ3v) is 4.50. The van der Waals surface area contributed by atoms with Crippen molar-refractivity contribution >= 4 is 18.1 Å². The van der Waals surface area contributed by atoms with Crippen LogP contribution in [-0.2, 0) is 11.3 Å². The number of amides is 2. The van der Waals surface area contributed by atoms with Crippen LogP contribution < -0.4 is 5.32 Å². The number of halogens is 2. The molecule has 29 heavy (non-hydrogen) atoms. The van der Waals surface area contributed by atoms with E-state index in [9.17, 15) is 23.2 Å². The Balaban J connectivity index is 1.55. The number of alkyl halides is 2. The van der Waals surface area contributed by atoms with Gasteiger partial charge in [0.25, 0.3) is 11.8 Å². The zero-order chi connectivity index (χ0) is 21.0. The van der Waals surface area contributed by atoms with Gasteiger partial charge in [-0.1, -0.05) is 24.3 Å². The molecule has 1 aliphatic heterocycles. The fourth-order valence-electron chi connectivity index (χ4n) is 3.01. The van der Waals surface area contributed by atoms with Gasteiger partial charge in [0, 0.05) is 18.2 Å². The Hall–Kier alpha value is -3.61. The predicted molar refractivity (Wildman–Crippen MR) is 96.2 cm³/mol. The van der Waals surface area contributed by atoms with E-state index in [4.69, 9.17) is 5.26 Å². The summed E-state index contributed by atoms with van der Waals surface area (Å²) in [6.45, 7) is -0.954. The summed E-state index contributed by atoms with van der Waals surface area (Å²) in [5.41, 5.74) is 1.62. The maximum atomic E-state index is 13.4. The monoisotopic (exact) mass is 401 g/mol. The zero-order valence-corrected chi connectivity index (χ0v) is 15.2. The van der Waals surface area contributed by atoms with Gasteiger partial charge in [-0.15, -0.1) is 0 Å². The molecule has 1 fully saturated rings. The van der Waals surface area contributed by atoms with Gasteiger partial charge >= 0.3 is 0 Å². The summed E-state index contributed by atoms with van der Waals surface area (Å²) in [5, 5.41) is 15.4. The van der Waals surface area contributed by atoms with Gasteiger partial charge in [-0.3, -0.25) is 19.1 Å². The minimum absolute atomic E-state index is 0.200. The number of likely N-dealkylation sites (tertiary alicyclic amines) is 1. The predicted octanol–water partition coefficient (Wildman–Crippen LogP) is 1.23. The highest BCUT2D eigenvalue weighted by atomic mass is 19.3. The molecule has 2 amide bonds. The molecule has 2 aromatic rings. The Kier molecular flexibility index (Phi) is 5.68. The van der Waals surface area contributed by atoms with Crippen LogP contribution in [-0.4, -0.2) is 57.8 Å². The summed E-state index contributed by atoms with van der Waals surface area (Å²) in [7, 11) is 0. The summed E-state index contributed by atoms with van der Waals surface area (Å²) >= 11 is 0. The molecule has 0 saturated carbocycles. The molecule has 1 aromatic heterocycles. The number of rotatable bonds is 6. The van der Waals surface area contributed by atoms with Crippen molar-refractivity contribution in [3.8, 4) is 6.07 Å². The average Bonchev–Trinajstić information content (AvgIpc) is 3.30. The summed E-state index contributed by atoms with van der Waals surface area (Å²) in [6.07, 6.45) is 2.84. The lowest BCUT2D eigenvalue weighted by atomic mass is 10.1.